The molecular weight excluding hydrogens is 278 g/mol. The Hall–Kier alpha value is -1.88. The maximum atomic E-state index is 11.6. The minimum atomic E-state index is -0.182. The summed E-state index contributed by atoms with van der Waals surface area (Å²) in [5.74, 6) is 1.10. The first kappa shape index (κ1) is 13.1. The van der Waals surface area contributed by atoms with Gasteiger partial charge in [0.25, 0.3) is 0 Å². The van der Waals surface area contributed by atoms with E-state index in [9.17, 15) is 4.79 Å². The molecule has 1 atom stereocenters. The minimum absolute atomic E-state index is 0.129. The van der Waals surface area contributed by atoms with Gasteiger partial charge in [-0.2, -0.15) is 5.10 Å². The molecule has 2 heterocycles. The van der Waals surface area contributed by atoms with E-state index >= 15 is 0 Å². The highest BCUT2D eigenvalue weighted by atomic mass is 35.5. The van der Waals surface area contributed by atoms with Crippen molar-refractivity contribution in [1.82, 2.24) is 14.8 Å². The Morgan fingerprint density at radius 1 is 1.45 bits per heavy atom. The first-order valence-corrected chi connectivity index (χ1v) is 6.83. The molecule has 0 amide bonds. The van der Waals surface area contributed by atoms with Gasteiger partial charge in [-0.25, -0.2) is 9.67 Å². The Balaban J connectivity index is 1.91. The Labute approximate surface area is 121 Å². The number of nitrogens with zero attached hydrogens (tertiary/aromatic N) is 3. The van der Waals surface area contributed by atoms with Gasteiger partial charge in [-0.1, -0.05) is 23.7 Å². The van der Waals surface area contributed by atoms with E-state index in [1.54, 1.807) is 0 Å². The van der Waals surface area contributed by atoms with E-state index in [0.29, 0.717) is 23.8 Å². The van der Waals surface area contributed by atoms with E-state index in [0.717, 1.165) is 17.8 Å². The molecule has 0 saturated heterocycles. The summed E-state index contributed by atoms with van der Waals surface area (Å²) in [6, 6.07) is 7.48. The molecule has 1 aliphatic heterocycles. The number of benzene rings is 1. The first-order chi connectivity index (χ1) is 9.69. The van der Waals surface area contributed by atoms with Gasteiger partial charge in [-0.15, -0.1) is 0 Å². The van der Waals surface area contributed by atoms with Crippen molar-refractivity contribution < 1.29 is 9.53 Å². The normalized spacial score (nSPS) is 17.6. The number of hydrogen-bond donors (Lipinski definition) is 0. The summed E-state index contributed by atoms with van der Waals surface area (Å²) in [5, 5.41) is 5.10. The molecule has 5 nitrogen and oxygen atoms in total. The van der Waals surface area contributed by atoms with Crippen LogP contribution in [0.3, 0.4) is 0 Å². The van der Waals surface area contributed by atoms with Crippen LogP contribution < -0.4 is 0 Å². The maximum Gasteiger partial charge on any atom is 0.309 e. The Morgan fingerprint density at radius 3 is 3.00 bits per heavy atom. The van der Waals surface area contributed by atoms with Crippen LogP contribution in [0.25, 0.3) is 11.4 Å². The van der Waals surface area contributed by atoms with Crippen LogP contribution in [0, 0.1) is 5.92 Å². The van der Waals surface area contributed by atoms with Crippen molar-refractivity contribution >= 4 is 17.6 Å². The highest BCUT2D eigenvalue weighted by Crippen LogP contribution is 2.27. The molecule has 0 N–H and O–H groups in total. The van der Waals surface area contributed by atoms with Crippen LogP contribution in [-0.2, 0) is 22.5 Å². The van der Waals surface area contributed by atoms with Crippen LogP contribution in [0.4, 0.5) is 0 Å². The van der Waals surface area contributed by atoms with Crippen molar-refractivity contribution in [2.24, 2.45) is 5.92 Å². The second-order valence-corrected chi connectivity index (χ2v) is 5.17. The largest absolute Gasteiger partial charge is 0.469 e. The summed E-state index contributed by atoms with van der Waals surface area (Å²) in [7, 11) is 1.41. The third-order valence-electron chi connectivity index (χ3n) is 3.52. The molecule has 0 aliphatic carbocycles. The fourth-order valence-electron chi connectivity index (χ4n) is 2.43. The van der Waals surface area contributed by atoms with Crippen LogP contribution in [0.15, 0.2) is 24.3 Å². The number of carbonyl (C=O) groups is 1. The zero-order valence-electron chi connectivity index (χ0n) is 11.0. The molecule has 6 heteroatoms. The molecule has 1 aromatic carbocycles. The van der Waals surface area contributed by atoms with Gasteiger partial charge in [-0.3, -0.25) is 4.79 Å². The maximum absolute atomic E-state index is 11.6. The van der Waals surface area contributed by atoms with Crippen molar-refractivity contribution in [3.8, 4) is 11.4 Å². The molecule has 0 fully saturated rings. The van der Waals surface area contributed by atoms with E-state index in [-0.39, 0.29) is 11.9 Å². The molecule has 3 rings (SSSR count). The van der Waals surface area contributed by atoms with Gasteiger partial charge >= 0.3 is 5.97 Å². The Bertz CT molecular complexity index is 654. The summed E-state index contributed by atoms with van der Waals surface area (Å²) in [4.78, 5) is 16.1. The number of methoxy groups -OCH3 is 1. The van der Waals surface area contributed by atoms with Crippen molar-refractivity contribution in [1.29, 1.82) is 0 Å². The van der Waals surface area contributed by atoms with Gasteiger partial charge in [0.1, 0.15) is 5.82 Å². The molecular formula is C14H14ClN3O2. The summed E-state index contributed by atoms with van der Waals surface area (Å²) in [6.45, 7) is 0.673. The highest BCUT2D eigenvalue weighted by molar-refractivity contribution is 6.33. The van der Waals surface area contributed by atoms with E-state index in [2.05, 4.69) is 10.1 Å². The van der Waals surface area contributed by atoms with Gasteiger partial charge in [0.05, 0.1) is 18.1 Å². The molecule has 0 bridgehead atoms. The zero-order chi connectivity index (χ0) is 14.1. The molecule has 0 spiro atoms. The van der Waals surface area contributed by atoms with E-state index < -0.39 is 0 Å². The third-order valence-corrected chi connectivity index (χ3v) is 3.85. The number of hydrogen-bond acceptors (Lipinski definition) is 4. The van der Waals surface area contributed by atoms with Crippen LogP contribution >= 0.6 is 11.6 Å². The lowest BCUT2D eigenvalue weighted by Gasteiger charge is -2.19. The molecule has 2 aromatic rings. The molecule has 1 aromatic heterocycles. The molecule has 20 heavy (non-hydrogen) atoms. The summed E-state index contributed by atoms with van der Waals surface area (Å²) < 4.78 is 6.64. The second-order valence-electron chi connectivity index (χ2n) is 4.77. The van der Waals surface area contributed by atoms with E-state index in [1.807, 2.05) is 28.9 Å². The lowest BCUT2D eigenvalue weighted by atomic mass is 9.98. The van der Waals surface area contributed by atoms with Crippen LogP contribution in [0.1, 0.15) is 12.2 Å². The molecule has 0 radical (unpaired) electrons. The van der Waals surface area contributed by atoms with Crippen LogP contribution in [0.2, 0.25) is 5.02 Å². The van der Waals surface area contributed by atoms with Crippen molar-refractivity contribution in [3.63, 3.8) is 0 Å². The number of aromatic nitrogens is 3. The molecule has 1 unspecified atom stereocenters. The minimum Gasteiger partial charge on any atom is -0.469 e. The smallest absolute Gasteiger partial charge is 0.309 e. The number of halogens is 1. The van der Waals surface area contributed by atoms with Crippen molar-refractivity contribution in [2.45, 2.75) is 19.4 Å². The first-order valence-electron chi connectivity index (χ1n) is 6.45. The average molecular weight is 292 g/mol. The summed E-state index contributed by atoms with van der Waals surface area (Å²) in [6.07, 6.45) is 1.29. The zero-order valence-corrected chi connectivity index (χ0v) is 11.8. The monoisotopic (exact) mass is 291 g/mol. The number of carbonyl (C=O) groups excluding carboxylic acids is 1. The van der Waals surface area contributed by atoms with Crippen molar-refractivity contribution in [3.05, 3.63) is 35.1 Å². The summed E-state index contributed by atoms with van der Waals surface area (Å²) in [5.41, 5.74) is 0.811. The SMILES string of the molecule is COC(=O)C1CCn2nc(-c3ccccc3Cl)nc2C1. The van der Waals surface area contributed by atoms with Gasteiger partial charge in [-0.05, 0) is 18.6 Å². The number of aryl methyl sites for hydroxylation is 1. The third kappa shape index (κ3) is 2.29. The lowest BCUT2D eigenvalue weighted by molar-refractivity contribution is -0.146. The van der Waals surface area contributed by atoms with Gasteiger partial charge in [0.15, 0.2) is 5.82 Å². The quantitative estimate of drug-likeness (QED) is 0.797. The Kier molecular flexibility index (Phi) is 3.44. The molecule has 0 saturated carbocycles. The van der Waals surface area contributed by atoms with Crippen LogP contribution in [0.5, 0.6) is 0 Å². The average Bonchev–Trinajstić information content (AvgIpc) is 2.89. The molecule has 1 aliphatic rings. The van der Waals surface area contributed by atoms with Crippen molar-refractivity contribution in [2.75, 3.05) is 7.11 Å². The number of rotatable bonds is 2. The number of ether oxygens (including phenoxy) is 1. The van der Waals surface area contributed by atoms with Crippen LogP contribution in [-0.4, -0.2) is 27.8 Å². The fraction of sp³-hybridized carbons (Fsp3) is 0.357. The molecule has 104 valence electrons. The number of fused-ring (bicyclic) bond motifs is 1. The second kappa shape index (κ2) is 5.25. The predicted octanol–water partition coefficient (Wildman–Crippen LogP) is 2.33. The topological polar surface area (TPSA) is 57.0 Å². The Morgan fingerprint density at radius 2 is 2.25 bits per heavy atom. The van der Waals surface area contributed by atoms with Gasteiger partial charge in [0, 0.05) is 18.5 Å². The fourth-order valence-corrected chi connectivity index (χ4v) is 2.65. The lowest BCUT2D eigenvalue weighted by Crippen LogP contribution is -2.27. The summed E-state index contributed by atoms with van der Waals surface area (Å²) >= 11 is 6.16. The highest BCUT2D eigenvalue weighted by Gasteiger charge is 2.28. The van der Waals surface area contributed by atoms with E-state index in [1.165, 1.54) is 7.11 Å². The predicted molar refractivity (Wildman–Crippen MR) is 74.3 cm³/mol. The van der Waals surface area contributed by atoms with Gasteiger partial charge in [0.2, 0.25) is 0 Å². The van der Waals surface area contributed by atoms with E-state index in [4.69, 9.17) is 16.3 Å². The standard InChI is InChI=1S/C14H14ClN3O2/c1-20-14(19)9-6-7-18-12(8-9)16-13(17-18)10-4-2-3-5-11(10)15/h2-5,9H,6-8H2,1H3. The number of esters is 1. The van der Waals surface area contributed by atoms with Gasteiger partial charge < -0.3 is 4.74 Å².